The first-order chi connectivity index (χ1) is 6.75. The van der Waals surface area contributed by atoms with E-state index in [4.69, 9.17) is 5.73 Å². The quantitative estimate of drug-likeness (QED) is 0.771. The molecule has 0 saturated carbocycles. The van der Waals surface area contributed by atoms with E-state index in [0.717, 1.165) is 5.69 Å². The van der Waals surface area contributed by atoms with E-state index >= 15 is 0 Å². The molecule has 0 aliphatic heterocycles. The Bertz CT molecular complexity index is 490. The Labute approximate surface area is 83.8 Å². The van der Waals surface area contributed by atoms with Crippen LogP contribution in [0.1, 0.15) is 5.69 Å². The second-order valence-electron chi connectivity index (χ2n) is 2.70. The highest BCUT2D eigenvalue weighted by Crippen LogP contribution is 2.10. The molecule has 0 fully saturated rings. The van der Waals surface area contributed by atoms with Crippen molar-refractivity contribution < 1.29 is 0 Å². The van der Waals surface area contributed by atoms with Gasteiger partial charge in [-0.15, -0.1) is 11.3 Å². The number of nitrogen functional groups attached to an aromatic ring is 1. The molecule has 2 heterocycles. The maximum atomic E-state index is 11.3. The summed E-state index contributed by atoms with van der Waals surface area (Å²) in [6, 6.07) is 3.07. The van der Waals surface area contributed by atoms with Crippen molar-refractivity contribution >= 4 is 16.5 Å². The Balaban J connectivity index is 2.27. The van der Waals surface area contributed by atoms with Gasteiger partial charge in [-0.25, -0.2) is 9.67 Å². The highest BCUT2D eigenvalue weighted by molar-refractivity contribution is 7.13. The van der Waals surface area contributed by atoms with Gasteiger partial charge in [0.1, 0.15) is 0 Å². The molecule has 14 heavy (non-hydrogen) atoms. The number of thiazole rings is 1. The van der Waals surface area contributed by atoms with Crippen LogP contribution in [0.2, 0.25) is 0 Å². The molecule has 2 aromatic rings. The van der Waals surface area contributed by atoms with Crippen molar-refractivity contribution in [2.75, 3.05) is 5.73 Å². The number of hydrogen-bond acceptors (Lipinski definition) is 5. The third kappa shape index (κ3) is 1.80. The second-order valence-corrected chi connectivity index (χ2v) is 3.59. The molecule has 0 aliphatic carbocycles. The van der Waals surface area contributed by atoms with Gasteiger partial charge < -0.3 is 5.73 Å². The Kier molecular flexibility index (Phi) is 2.28. The van der Waals surface area contributed by atoms with Crippen molar-refractivity contribution in [3.63, 3.8) is 0 Å². The predicted octanol–water partition coefficient (Wildman–Crippen LogP) is 0.330. The molecule has 0 amide bonds. The molecule has 6 heteroatoms. The van der Waals surface area contributed by atoms with E-state index in [2.05, 4.69) is 10.1 Å². The van der Waals surface area contributed by atoms with E-state index in [1.54, 1.807) is 12.3 Å². The van der Waals surface area contributed by atoms with E-state index in [0.29, 0.717) is 11.7 Å². The number of anilines is 1. The van der Waals surface area contributed by atoms with Crippen LogP contribution < -0.4 is 11.3 Å². The Morgan fingerprint density at radius 1 is 1.57 bits per heavy atom. The van der Waals surface area contributed by atoms with Crippen molar-refractivity contribution in [2.45, 2.75) is 6.54 Å². The summed E-state index contributed by atoms with van der Waals surface area (Å²) in [7, 11) is 0. The van der Waals surface area contributed by atoms with Gasteiger partial charge in [-0.3, -0.25) is 4.79 Å². The molecule has 0 aromatic carbocycles. The van der Waals surface area contributed by atoms with E-state index in [1.807, 2.05) is 5.38 Å². The molecule has 2 aromatic heterocycles. The minimum Gasteiger partial charge on any atom is -0.375 e. The molecule has 2 N–H and O–H groups in total. The van der Waals surface area contributed by atoms with Crippen LogP contribution in [0, 0.1) is 0 Å². The van der Waals surface area contributed by atoms with Crippen LogP contribution in [0.4, 0.5) is 5.13 Å². The third-order valence-corrected chi connectivity index (χ3v) is 2.39. The summed E-state index contributed by atoms with van der Waals surface area (Å²) in [4.78, 5) is 15.3. The van der Waals surface area contributed by atoms with Gasteiger partial charge in [0.05, 0.1) is 12.2 Å². The Hall–Kier alpha value is -1.69. The molecule has 5 nitrogen and oxygen atoms in total. The topological polar surface area (TPSA) is 73.8 Å². The fourth-order valence-electron chi connectivity index (χ4n) is 1.05. The molecule has 0 unspecified atom stereocenters. The largest absolute Gasteiger partial charge is 0.375 e. The first-order valence-corrected chi connectivity index (χ1v) is 4.86. The standard InChI is InChI=1S/C8H8N4OS/c9-8-11-6(5-14-8)4-12-7(13)2-1-3-10-12/h1-3,5H,4H2,(H2,9,11). The van der Waals surface area contributed by atoms with Gasteiger partial charge in [0.25, 0.3) is 5.56 Å². The van der Waals surface area contributed by atoms with Crippen LogP contribution in [0.3, 0.4) is 0 Å². The van der Waals surface area contributed by atoms with Gasteiger partial charge in [-0.1, -0.05) is 0 Å². The van der Waals surface area contributed by atoms with Gasteiger partial charge in [0.15, 0.2) is 5.13 Å². The molecular formula is C8H8N4OS. The molecule has 0 aliphatic rings. The monoisotopic (exact) mass is 208 g/mol. The molecule has 72 valence electrons. The summed E-state index contributed by atoms with van der Waals surface area (Å²) in [5, 5.41) is 6.23. The SMILES string of the molecule is Nc1nc(Cn2ncccc2=O)cs1. The minimum atomic E-state index is -0.140. The van der Waals surface area contributed by atoms with Crippen LogP contribution in [0.5, 0.6) is 0 Å². The molecule has 0 bridgehead atoms. The zero-order valence-electron chi connectivity index (χ0n) is 7.25. The summed E-state index contributed by atoms with van der Waals surface area (Å²) in [6.07, 6.45) is 1.57. The number of rotatable bonds is 2. The number of aromatic nitrogens is 3. The molecule has 0 saturated heterocycles. The molecule has 0 spiro atoms. The highest BCUT2D eigenvalue weighted by atomic mass is 32.1. The minimum absolute atomic E-state index is 0.140. The first kappa shape index (κ1) is 8.89. The fraction of sp³-hybridized carbons (Fsp3) is 0.125. The lowest BCUT2D eigenvalue weighted by molar-refractivity contribution is 0.630. The van der Waals surface area contributed by atoms with Crippen LogP contribution >= 0.6 is 11.3 Å². The maximum absolute atomic E-state index is 11.3. The summed E-state index contributed by atoms with van der Waals surface area (Å²) in [6.45, 7) is 0.368. The lowest BCUT2D eigenvalue weighted by Gasteiger charge is -1.98. The summed E-state index contributed by atoms with van der Waals surface area (Å²) in [5.41, 5.74) is 6.09. The average Bonchev–Trinajstić information content (AvgIpc) is 2.56. The number of nitrogens with zero attached hydrogens (tertiary/aromatic N) is 3. The third-order valence-electron chi connectivity index (χ3n) is 1.67. The summed E-state index contributed by atoms with van der Waals surface area (Å²) >= 11 is 1.35. The normalized spacial score (nSPS) is 10.3. The predicted molar refractivity (Wildman–Crippen MR) is 54.1 cm³/mol. The van der Waals surface area contributed by atoms with Crippen molar-refractivity contribution in [3.8, 4) is 0 Å². The van der Waals surface area contributed by atoms with Gasteiger partial charge in [-0.05, 0) is 6.07 Å². The maximum Gasteiger partial charge on any atom is 0.267 e. The smallest absolute Gasteiger partial charge is 0.267 e. The highest BCUT2D eigenvalue weighted by Gasteiger charge is 2.01. The zero-order valence-corrected chi connectivity index (χ0v) is 8.07. The Morgan fingerprint density at radius 3 is 3.07 bits per heavy atom. The van der Waals surface area contributed by atoms with Crippen molar-refractivity contribution in [1.82, 2.24) is 14.8 Å². The van der Waals surface area contributed by atoms with Crippen LogP contribution in [0.25, 0.3) is 0 Å². The molecule has 0 atom stereocenters. The zero-order chi connectivity index (χ0) is 9.97. The van der Waals surface area contributed by atoms with Gasteiger partial charge in [-0.2, -0.15) is 5.10 Å². The summed E-state index contributed by atoms with van der Waals surface area (Å²) in [5.74, 6) is 0. The van der Waals surface area contributed by atoms with E-state index in [9.17, 15) is 4.79 Å². The van der Waals surface area contributed by atoms with E-state index < -0.39 is 0 Å². The van der Waals surface area contributed by atoms with Gasteiger partial charge in [0.2, 0.25) is 0 Å². The van der Waals surface area contributed by atoms with Crippen molar-refractivity contribution in [1.29, 1.82) is 0 Å². The van der Waals surface area contributed by atoms with Crippen LogP contribution in [-0.2, 0) is 6.54 Å². The fourth-order valence-corrected chi connectivity index (χ4v) is 1.61. The Morgan fingerprint density at radius 2 is 2.43 bits per heavy atom. The van der Waals surface area contributed by atoms with Crippen molar-refractivity contribution in [3.05, 3.63) is 39.8 Å². The van der Waals surface area contributed by atoms with Crippen molar-refractivity contribution in [2.24, 2.45) is 0 Å². The van der Waals surface area contributed by atoms with E-state index in [1.165, 1.54) is 22.1 Å². The van der Waals surface area contributed by atoms with E-state index in [-0.39, 0.29) is 5.56 Å². The number of hydrogen-bond donors (Lipinski definition) is 1. The second kappa shape index (κ2) is 3.59. The lowest BCUT2D eigenvalue weighted by atomic mass is 10.5. The molecular weight excluding hydrogens is 200 g/mol. The van der Waals surface area contributed by atoms with Crippen LogP contribution in [-0.4, -0.2) is 14.8 Å². The molecule has 0 radical (unpaired) electrons. The van der Waals surface area contributed by atoms with Gasteiger partial charge in [0, 0.05) is 17.6 Å². The summed E-state index contributed by atoms with van der Waals surface area (Å²) < 4.78 is 1.34. The van der Waals surface area contributed by atoms with Crippen LogP contribution in [0.15, 0.2) is 28.5 Å². The first-order valence-electron chi connectivity index (χ1n) is 3.98. The molecule has 2 rings (SSSR count). The number of nitrogens with two attached hydrogens (primary N) is 1. The lowest BCUT2D eigenvalue weighted by Crippen LogP contribution is -2.21. The van der Waals surface area contributed by atoms with Gasteiger partial charge >= 0.3 is 0 Å². The average molecular weight is 208 g/mol.